The van der Waals surface area contributed by atoms with Crippen LogP contribution in [0.1, 0.15) is 23.0 Å². The Balaban J connectivity index is 1.72. The predicted molar refractivity (Wildman–Crippen MR) is 117 cm³/mol. The van der Waals surface area contributed by atoms with Crippen LogP contribution in [0, 0.1) is 11.6 Å². The quantitative estimate of drug-likeness (QED) is 0.624. The summed E-state index contributed by atoms with van der Waals surface area (Å²) in [6.07, 6.45) is 1.53. The highest BCUT2D eigenvalue weighted by Gasteiger charge is 2.42. The van der Waals surface area contributed by atoms with E-state index in [2.05, 4.69) is 15.3 Å². The Morgan fingerprint density at radius 1 is 1.19 bits per heavy atom. The summed E-state index contributed by atoms with van der Waals surface area (Å²) in [6, 6.07) is 10.8. The maximum absolute atomic E-state index is 14.7. The van der Waals surface area contributed by atoms with Crippen molar-refractivity contribution in [2.24, 2.45) is 10.7 Å². The lowest BCUT2D eigenvalue weighted by molar-refractivity contribution is 0.102. The standard InChI is InChI=1S/C21H19F2N5O3S/c1-21(11-32(30,31)28(2)20(24)27-21)15-8-14(9-16(22)18(15)23)26-19(29)17-7-12-5-3-4-6-13(12)10-25-17/h3-10H,11H2,1-2H3,(H2,24,27)(H,26,29)/t21-/m0/s1. The SMILES string of the molecule is CN1C(N)=N[C@](C)(c2cc(NC(=O)c3cc4ccccc4cn3)cc(F)c2F)CS1(=O)=O. The number of anilines is 1. The normalized spacial score (nSPS) is 20.1. The number of guanidine groups is 1. The number of nitrogens with one attached hydrogen (secondary N) is 1. The summed E-state index contributed by atoms with van der Waals surface area (Å²) in [6.45, 7) is 1.33. The van der Waals surface area contributed by atoms with Crippen molar-refractivity contribution in [1.82, 2.24) is 9.29 Å². The van der Waals surface area contributed by atoms with Gasteiger partial charge in [0, 0.05) is 35.9 Å². The van der Waals surface area contributed by atoms with Gasteiger partial charge in [-0.15, -0.1) is 0 Å². The molecule has 166 valence electrons. The van der Waals surface area contributed by atoms with Crippen LogP contribution in [0.25, 0.3) is 10.8 Å². The Labute approximate surface area is 182 Å². The van der Waals surface area contributed by atoms with Crippen LogP contribution in [0.3, 0.4) is 0 Å². The van der Waals surface area contributed by atoms with Crippen LogP contribution >= 0.6 is 0 Å². The van der Waals surface area contributed by atoms with E-state index in [1.165, 1.54) is 20.2 Å². The highest BCUT2D eigenvalue weighted by molar-refractivity contribution is 7.89. The largest absolute Gasteiger partial charge is 0.369 e. The van der Waals surface area contributed by atoms with Gasteiger partial charge >= 0.3 is 0 Å². The lowest BCUT2D eigenvalue weighted by Gasteiger charge is -2.34. The summed E-state index contributed by atoms with van der Waals surface area (Å²) < 4.78 is 54.7. The monoisotopic (exact) mass is 459 g/mol. The third-order valence-corrected chi connectivity index (χ3v) is 7.24. The Morgan fingerprint density at radius 3 is 2.56 bits per heavy atom. The summed E-state index contributed by atoms with van der Waals surface area (Å²) in [4.78, 5) is 20.9. The fourth-order valence-corrected chi connectivity index (χ4v) is 4.99. The van der Waals surface area contributed by atoms with Crippen LogP contribution in [0.2, 0.25) is 0 Å². The highest BCUT2D eigenvalue weighted by atomic mass is 32.2. The van der Waals surface area contributed by atoms with Gasteiger partial charge in [0.15, 0.2) is 11.6 Å². The minimum absolute atomic E-state index is 0.0744. The molecule has 11 heteroatoms. The molecule has 3 N–H and O–H groups in total. The zero-order valence-electron chi connectivity index (χ0n) is 17.1. The molecule has 0 fully saturated rings. The van der Waals surface area contributed by atoms with Crippen LogP contribution in [-0.4, -0.2) is 42.4 Å². The second-order valence-corrected chi connectivity index (χ2v) is 9.66. The van der Waals surface area contributed by atoms with E-state index >= 15 is 0 Å². The summed E-state index contributed by atoms with van der Waals surface area (Å²) in [5.41, 5.74) is 3.65. The van der Waals surface area contributed by atoms with Crippen molar-refractivity contribution in [3.63, 3.8) is 0 Å². The minimum Gasteiger partial charge on any atom is -0.369 e. The van der Waals surface area contributed by atoms with Crippen LogP contribution in [0.4, 0.5) is 14.5 Å². The van der Waals surface area contributed by atoms with Crippen LogP contribution in [0.5, 0.6) is 0 Å². The molecule has 3 aromatic rings. The second-order valence-electron chi connectivity index (χ2n) is 7.66. The minimum atomic E-state index is -3.90. The van der Waals surface area contributed by atoms with Gasteiger partial charge in [0.2, 0.25) is 16.0 Å². The van der Waals surface area contributed by atoms with E-state index in [4.69, 9.17) is 5.73 Å². The van der Waals surface area contributed by atoms with Crippen LogP contribution in [-0.2, 0) is 15.6 Å². The number of carbonyl (C=O) groups excluding carboxylic acids is 1. The molecular weight excluding hydrogens is 440 g/mol. The number of aromatic nitrogens is 1. The molecule has 0 saturated heterocycles. The van der Waals surface area contributed by atoms with Crippen molar-refractivity contribution in [1.29, 1.82) is 0 Å². The summed E-state index contributed by atoms with van der Waals surface area (Å²) in [5, 5.41) is 4.10. The molecule has 0 spiro atoms. The second kappa shape index (κ2) is 7.52. The maximum atomic E-state index is 14.7. The highest BCUT2D eigenvalue weighted by Crippen LogP contribution is 2.35. The Hall–Kier alpha value is -3.60. The predicted octanol–water partition coefficient (Wildman–Crippen LogP) is 2.57. The average Bonchev–Trinajstić information content (AvgIpc) is 2.73. The fraction of sp³-hybridized carbons (Fsp3) is 0.190. The first-order valence-electron chi connectivity index (χ1n) is 9.48. The Morgan fingerprint density at radius 2 is 1.88 bits per heavy atom. The van der Waals surface area contributed by atoms with Crippen LogP contribution in [0.15, 0.2) is 53.7 Å². The number of amides is 1. The zero-order chi connectivity index (χ0) is 23.3. The number of hydrogen-bond donors (Lipinski definition) is 2. The molecule has 1 atom stereocenters. The molecule has 1 amide bonds. The number of sulfonamides is 1. The molecule has 4 rings (SSSR count). The molecule has 2 aromatic carbocycles. The molecule has 1 aromatic heterocycles. The van der Waals surface area contributed by atoms with Gasteiger partial charge in [0.1, 0.15) is 11.2 Å². The van der Waals surface area contributed by atoms with Gasteiger partial charge in [-0.25, -0.2) is 26.5 Å². The molecule has 0 radical (unpaired) electrons. The third-order valence-electron chi connectivity index (χ3n) is 5.29. The number of fused-ring (bicyclic) bond motifs is 1. The van der Waals surface area contributed by atoms with E-state index in [1.54, 1.807) is 6.07 Å². The number of carbonyl (C=O) groups is 1. The molecule has 0 bridgehead atoms. The first kappa shape index (κ1) is 21.6. The number of benzene rings is 2. The van der Waals surface area contributed by atoms with Crippen molar-refractivity contribution in [3.05, 3.63) is 71.6 Å². The summed E-state index contributed by atoms with van der Waals surface area (Å²) in [5.74, 6) is -4.16. The number of pyridine rings is 1. The van der Waals surface area contributed by atoms with Crippen molar-refractivity contribution in [2.75, 3.05) is 18.1 Å². The molecule has 32 heavy (non-hydrogen) atoms. The molecule has 1 aliphatic heterocycles. The van der Waals surface area contributed by atoms with Gasteiger partial charge < -0.3 is 11.1 Å². The lowest BCUT2D eigenvalue weighted by Crippen LogP contribution is -2.50. The average molecular weight is 459 g/mol. The number of rotatable bonds is 3. The molecule has 2 heterocycles. The van der Waals surface area contributed by atoms with E-state index in [-0.39, 0.29) is 22.9 Å². The number of halogens is 2. The summed E-state index contributed by atoms with van der Waals surface area (Å²) in [7, 11) is -2.68. The molecule has 8 nitrogen and oxygen atoms in total. The first-order valence-corrected chi connectivity index (χ1v) is 11.1. The van der Waals surface area contributed by atoms with Crippen LogP contribution < -0.4 is 11.1 Å². The van der Waals surface area contributed by atoms with Crippen molar-refractivity contribution >= 4 is 38.3 Å². The van der Waals surface area contributed by atoms with E-state index in [0.717, 1.165) is 27.2 Å². The maximum Gasteiger partial charge on any atom is 0.274 e. The molecule has 0 saturated carbocycles. The third kappa shape index (κ3) is 3.75. The van der Waals surface area contributed by atoms with Gasteiger partial charge in [0.25, 0.3) is 5.91 Å². The van der Waals surface area contributed by atoms with Gasteiger partial charge in [-0.3, -0.25) is 9.78 Å². The van der Waals surface area contributed by atoms with E-state index in [9.17, 15) is 22.0 Å². The zero-order valence-corrected chi connectivity index (χ0v) is 18.0. The smallest absolute Gasteiger partial charge is 0.274 e. The molecular formula is C21H19F2N5O3S. The van der Waals surface area contributed by atoms with Crippen molar-refractivity contribution in [3.8, 4) is 0 Å². The van der Waals surface area contributed by atoms with Gasteiger partial charge in [0.05, 0.1) is 5.75 Å². The summed E-state index contributed by atoms with van der Waals surface area (Å²) >= 11 is 0. The molecule has 1 aliphatic rings. The first-order chi connectivity index (χ1) is 15.0. The van der Waals surface area contributed by atoms with E-state index in [1.807, 2.05) is 24.3 Å². The fourth-order valence-electron chi connectivity index (χ4n) is 3.54. The Kier molecular flexibility index (Phi) is 5.08. The molecule has 0 unspecified atom stereocenters. The van der Waals surface area contributed by atoms with Gasteiger partial charge in [-0.2, -0.15) is 0 Å². The van der Waals surface area contributed by atoms with E-state index < -0.39 is 38.9 Å². The molecule has 0 aliphatic carbocycles. The van der Waals surface area contributed by atoms with Crippen molar-refractivity contribution in [2.45, 2.75) is 12.5 Å². The van der Waals surface area contributed by atoms with Crippen molar-refractivity contribution < 1.29 is 22.0 Å². The Bertz CT molecular complexity index is 1390. The topological polar surface area (TPSA) is 118 Å². The van der Waals surface area contributed by atoms with E-state index in [0.29, 0.717) is 0 Å². The number of nitrogens with two attached hydrogens (primary N) is 1. The van der Waals surface area contributed by atoms with Gasteiger partial charge in [-0.1, -0.05) is 24.3 Å². The number of hydrogen-bond acceptors (Lipinski definition) is 6. The van der Waals surface area contributed by atoms with Gasteiger partial charge in [-0.05, 0) is 24.4 Å². The number of aliphatic imine (C=N–C) groups is 1. The lowest BCUT2D eigenvalue weighted by atomic mass is 9.93. The number of nitrogens with zero attached hydrogens (tertiary/aromatic N) is 3.